The molecule has 0 aromatic carbocycles. The number of carbonyl (C=O) groups is 1. The van der Waals surface area contributed by atoms with E-state index in [9.17, 15) is 4.79 Å². The average molecular weight is 360 g/mol. The molecule has 1 aliphatic heterocycles. The third-order valence-electron chi connectivity index (χ3n) is 4.47. The molecule has 140 valence electrons. The van der Waals surface area contributed by atoms with Crippen molar-refractivity contribution in [2.75, 3.05) is 32.2 Å². The van der Waals surface area contributed by atoms with Crippen LogP contribution in [-0.4, -0.2) is 59.0 Å². The molecule has 3 heterocycles. The smallest absolute Gasteiger partial charge is 0.272 e. The summed E-state index contributed by atoms with van der Waals surface area (Å²) in [5, 5.41) is 7.29. The van der Waals surface area contributed by atoms with Gasteiger partial charge >= 0.3 is 0 Å². The number of hydrogen-bond acceptors (Lipinski definition) is 7. The molecular weight excluding hydrogens is 336 g/mol. The van der Waals surface area contributed by atoms with Crippen molar-refractivity contribution in [1.29, 1.82) is 0 Å². The molecule has 1 saturated heterocycles. The van der Waals surface area contributed by atoms with Crippen LogP contribution in [0.2, 0.25) is 0 Å². The van der Waals surface area contributed by atoms with E-state index in [0.29, 0.717) is 29.9 Å². The first-order valence-corrected chi connectivity index (χ1v) is 8.53. The number of aromatic nitrogens is 4. The Morgan fingerprint density at radius 3 is 2.50 bits per heavy atom. The molecule has 9 nitrogen and oxygen atoms in total. The van der Waals surface area contributed by atoms with Crippen molar-refractivity contribution < 1.29 is 14.3 Å². The first-order chi connectivity index (χ1) is 12.5. The van der Waals surface area contributed by atoms with Gasteiger partial charge < -0.3 is 19.7 Å². The number of nitrogens with one attached hydrogen (secondary N) is 1. The van der Waals surface area contributed by atoms with Crippen LogP contribution >= 0.6 is 0 Å². The minimum absolute atomic E-state index is 0.000594. The number of methoxy groups -OCH3 is 2. The van der Waals surface area contributed by atoms with Gasteiger partial charge in [0.15, 0.2) is 0 Å². The second kappa shape index (κ2) is 7.59. The van der Waals surface area contributed by atoms with Crippen molar-refractivity contribution >= 4 is 11.9 Å². The normalized spacial score (nSPS) is 17.1. The summed E-state index contributed by atoms with van der Waals surface area (Å²) in [5.41, 5.74) is 1.37. The molecule has 3 rings (SSSR count). The largest absolute Gasteiger partial charge is 0.481 e. The third-order valence-corrected chi connectivity index (χ3v) is 4.47. The van der Waals surface area contributed by atoms with Crippen LogP contribution in [0, 0.1) is 6.92 Å². The van der Waals surface area contributed by atoms with Gasteiger partial charge in [-0.2, -0.15) is 15.1 Å². The maximum atomic E-state index is 12.4. The van der Waals surface area contributed by atoms with E-state index in [0.717, 1.165) is 25.1 Å². The molecule has 1 fully saturated rings. The van der Waals surface area contributed by atoms with E-state index in [1.54, 1.807) is 31.0 Å². The van der Waals surface area contributed by atoms with Crippen LogP contribution in [-0.2, 0) is 7.05 Å². The molecule has 1 N–H and O–H groups in total. The molecule has 1 unspecified atom stereocenters. The van der Waals surface area contributed by atoms with Crippen molar-refractivity contribution in [2.24, 2.45) is 7.05 Å². The van der Waals surface area contributed by atoms with Gasteiger partial charge in [-0.25, -0.2) is 0 Å². The number of nitrogens with zero attached hydrogens (tertiary/aromatic N) is 5. The lowest BCUT2D eigenvalue weighted by Crippen LogP contribution is -2.48. The van der Waals surface area contributed by atoms with Gasteiger partial charge in [-0.15, -0.1) is 0 Å². The van der Waals surface area contributed by atoms with Crippen LogP contribution in [0.25, 0.3) is 0 Å². The van der Waals surface area contributed by atoms with E-state index in [-0.39, 0.29) is 11.9 Å². The maximum Gasteiger partial charge on any atom is 0.272 e. The fourth-order valence-corrected chi connectivity index (χ4v) is 2.95. The molecule has 1 amide bonds. The molecule has 0 aliphatic carbocycles. The van der Waals surface area contributed by atoms with Crippen LogP contribution in [0.4, 0.5) is 5.95 Å². The highest BCUT2D eigenvalue weighted by Crippen LogP contribution is 2.23. The molecule has 0 saturated carbocycles. The minimum atomic E-state index is -0.162. The number of piperidine rings is 1. The zero-order valence-electron chi connectivity index (χ0n) is 15.5. The number of aryl methyl sites for hydroxylation is 2. The number of hydrogen-bond donors (Lipinski definition) is 1. The fourth-order valence-electron chi connectivity index (χ4n) is 2.95. The molecule has 2 aromatic heterocycles. The molecule has 26 heavy (non-hydrogen) atoms. The van der Waals surface area contributed by atoms with E-state index in [1.807, 2.05) is 18.9 Å². The van der Waals surface area contributed by atoms with Gasteiger partial charge in [0, 0.05) is 31.9 Å². The number of amides is 1. The second-order valence-corrected chi connectivity index (χ2v) is 6.31. The summed E-state index contributed by atoms with van der Waals surface area (Å²) < 4.78 is 12.1. The summed E-state index contributed by atoms with van der Waals surface area (Å²) in [6, 6.07) is 3.42. The zero-order valence-corrected chi connectivity index (χ0v) is 15.5. The molecule has 0 bridgehead atoms. The Morgan fingerprint density at radius 1 is 1.23 bits per heavy atom. The summed E-state index contributed by atoms with van der Waals surface area (Å²) in [4.78, 5) is 23.3. The highest BCUT2D eigenvalue weighted by atomic mass is 16.5. The second-order valence-electron chi connectivity index (χ2n) is 6.31. The van der Waals surface area contributed by atoms with Gasteiger partial charge in [-0.3, -0.25) is 9.48 Å². The molecule has 2 aromatic rings. The topological polar surface area (TPSA) is 94.4 Å². The highest BCUT2D eigenvalue weighted by molar-refractivity contribution is 5.92. The summed E-state index contributed by atoms with van der Waals surface area (Å²) >= 11 is 0. The van der Waals surface area contributed by atoms with Crippen LogP contribution < -0.4 is 19.7 Å². The van der Waals surface area contributed by atoms with Crippen LogP contribution in [0.15, 0.2) is 12.1 Å². The summed E-state index contributed by atoms with van der Waals surface area (Å²) in [6.45, 7) is 3.35. The Morgan fingerprint density at radius 2 is 1.92 bits per heavy atom. The molecule has 1 aliphatic rings. The Labute approximate surface area is 152 Å². The molecular formula is C17H24N6O3. The molecule has 0 radical (unpaired) electrons. The Bertz CT molecular complexity index is 749. The van der Waals surface area contributed by atoms with Crippen LogP contribution in [0.1, 0.15) is 29.0 Å². The Balaban J connectivity index is 1.70. The van der Waals surface area contributed by atoms with Crippen molar-refractivity contribution in [2.45, 2.75) is 25.8 Å². The van der Waals surface area contributed by atoms with Gasteiger partial charge in [-0.05, 0) is 25.8 Å². The summed E-state index contributed by atoms with van der Waals surface area (Å²) in [5.74, 6) is 1.27. The number of rotatable bonds is 5. The molecule has 0 spiro atoms. The average Bonchev–Trinajstić information content (AvgIpc) is 3.00. The third kappa shape index (κ3) is 3.87. The monoisotopic (exact) mass is 360 g/mol. The van der Waals surface area contributed by atoms with E-state index in [1.165, 1.54) is 0 Å². The molecule has 9 heteroatoms. The van der Waals surface area contributed by atoms with Crippen molar-refractivity contribution in [3.63, 3.8) is 0 Å². The van der Waals surface area contributed by atoms with Crippen LogP contribution in [0.5, 0.6) is 11.8 Å². The summed E-state index contributed by atoms with van der Waals surface area (Å²) in [6.07, 6.45) is 1.82. The maximum absolute atomic E-state index is 12.4. The standard InChI is InChI=1S/C17H24N6O3/c1-11-8-13(21-22(11)2)16(24)18-12-6-5-7-23(10-12)17-19-14(25-3)9-15(20-17)26-4/h8-9,12H,5-7,10H2,1-4H3,(H,18,24). The van der Waals surface area contributed by atoms with E-state index < -0.39 is 0 Å². The Hall–Kier alpha value is -2.84. The highest BCUT2D eigenvalue weighted by Gasteiger charge is 2.25. The molecule has 1 atom stereocenters. The van der Waals surface area contributed by atoms with Crippen molar-refractivity contribution in [3.05, 3.63) is 23.5 Å². The first kappa shape index (κ1) is 18.0. The summed E-state index contributed by atoms with van der Waals surface area (Å²) in [7, 11) is 4.93. The van der Waals surface area contributed by atoms with E-state index in [2.05, 4.69) is 20.4 Å². The lowest BCUT2D eigenvalue weighted by Gasteiger charge is -2.33. The van der Waals surface area contributed by atoms with Gasteiger partial charge in [0.05, 0.1) is 20.3 Å². The Kier molecular flexibility index (Phi) is 5.24. The van der Waals surface area contributed by atoms with Gasteiger partial charge in [0.25, 0.3) is 5.91 Å². The lowest BCUT2D eigenvalue weighted by atomic mass is 10.1. The zero-order chi connectivity index (χ0) is 18.7. The van der Waals surface area contributed by atoms with Crippen molar-refractivity contribution in [1.82, 2.24) is 25.1 Å². The fraction of sp³-hybridized carbons (Fsp3) is 0.529. The SMILES string of the molecule is COc1cc(OC)nc(N2CCCC(NC(=O)c3cc(C)n(C)n3)C2)n1. The first-order valence-electron chi connectivity index (χ1n) is 8.53. The number of anilines is 1. The van der Waals surface area contributed by atoms with Gasteiger partial charge in [0.1, 0.15) is 5.69 Å². The number of carbonyl (C=O) groups excluding carboxylic acids is 1. The number of ether oxygens (including phenoxy) is 2. The predicted molar refractivity (Wildman–Crippen MR) is 95.8 cm³/mol. The minimum Gasteiger partial charge on any atom is -0.481 e. The lowest BCUT2D eigenvalue weighted by molar-refractivity contribution is 0.0927. The van der Waals surface area contributed by atoms with Crippen molar-refractivity contribution in [3.8, 4) is 11.8 Å². The predicted octanol–water partition coefficient (Wildman–Crippen LogP) is 0.935. The van der Waals surface area contributed by atoms with Gasteiger partial charge in [0.2, 0.25) is 17.7 Å². The van der Waals surface area contributed by atoms with E-state index >= 15 is 0 Å². The van der Waals surface area contributed by atoms with Gasteiger partial charge in [-0.1, -0.05) is 0 Å². The quantitative estimate of drug-likeness (QED) is 0.848. The van der Waals surface area contributed by atoms with Crippen LogP contribution in [0.3, 0.4) is 0 Å². The van der Waals surface area contributed by atoms with E-state index in [4.69, 9.17) is 9.47 Å².